The number of rotatable bonds is 10. The van der Waals surface area contributed by atoms with Crippen molar-refractivity contribution in [3.8, 4) is 22.6 Å². The lowest BCUT2D eigenvalue weighted by Crippen LogP contribution is -2.31. The second-order valence-electron chi connectivity index (χ2n) is 8.62. The Kier molecular flexibility index (Phi) is 8.28. The molecule has 0 amide bonds. The first kappa shape index (κ1) is 23.5. The van der Waals surface area contributed by atoms with Gasteiger partial charge in [0.1, 0.15) is 0 Å². The van der Waals surface area contributed by atoms with Crippen molar-refractivity contribution >= 4 is 0 Å². The molecular weight excluding hydrogens is 401 g/mol. The molecule has 1 saturated carbocycles. The fourth-order valence-electron chi connectivity index (χ4n) is 4.56. The Bertz CT molecular complexity index is 860. The predicted molar refractivity (Wildman–Crippen MR) is 118 cm³/mol. The molecular formula is C26H33F3O2. The summed E-state index contributed by atoms with van der Waals surface area (Å²) in [6, 6.07) is 7.06. The Balaban J connectivity index is 1.74. The molecule has 0 saturated heterocycles. The molecule has 0 radical (unpaired) electrons. The second-order valence-corrected chi connectivity index (χ2v) is 8.62. The van der Waals surface area contributed by atoms with Gasteiger partial charge in [0.25, 0.3) is 0 Å². The van der Waals surface area contributed by atoms with Gasteiger partial charge in [0.2, 0.25) is 5.82 Å². The van der Waals surface area contributed by atoms with Gasteiger partial charge in [-0.1, -0.05) is 51.5 Å². The van der Waals surface area contributed by atoms with Crippen molar-refractivity contribution in [2.75, 3.05) is 13.2 Å². The van der Waals surface area contributed by atoms with Crippen molar-refractivity contribution in [1.82, 2.24) is 0 Å². The average Bonchev–Trinajstić information content (AvgIpc) is 2.77. The summed E-state index contributed by atoms with van der Waals surface area (Å²) in [6.07, 6.45) is 10.5. The van der Waals surface area contributed by atoms with E-state index in [4.69, 9.17) is 9.47 Å². The lowest BCUT2D eigenvalue weighted by Gasteiger charge is -2.37. The summed E-state index contributed by atoms with van der Waals surface area (Å²) in [6.45, 7) is 4.62. The van der Waals surface area contributed by atoms with Crippen LogP contribution in [-0.4, -0.2) is 13.2 Å². The minimum atomic E-state index is -1.06. The van der Waals surface area contributed by atoms with Crippen LogP contribution in [0.1, 0.15) is 71.6 Å². The number of ether oxygens (including phenoxy) is 2. The lowest BCUT2D eigenvalue weighted by molar-refractivity contribution is 0.0821. The number of unbranched alkanes of at least 4 members (excludes halogenated alkanes) is 2. The third kappa shape index (κ3) is 5.75. The largest absolute Gasteiger partial charge is 0.491 e. The molecule has 0 N–H and O–H groups in total. The van der Waals surface area contributed by atoms with E-state index >= 15 is 0 Å². The monoisotopic (exact) mass is 434 g/mol. The van der Waals surface area contributed by atoms with E-state index in [1.807, 2.05) is 0 Å². The maximum atomic E-state index is 14.8. The smallest absolute Gasteiger partial charge is 0.201 e. The van der Waals surface area contributed by atoms with E-state index in [1.54, 1.807) is 13.0 Å². The molecule has 1 aliphatic carbocycles. The molecule has 0 aliphatic heterocycles. The standard InChI is InChI=1S/C26H33F3O2/c1-3-5-7-14-26(15-8-6-9-16-26)18-31-22-12-10-19(17-21(22)27)20-11-13-23(30-4-2)25(29)24(20)28/h10-13,17H,3-9,14-16,18H2,1-2H3. The van der Waals surface area contributed by atoms with E-state index in [0.29, 0.717) is 6.61 Å². The normalized spacial score (nSPS) is 15.6. The number of halogens is 3. The number of hydrogen-bond donors (Lipinski definition) is 0. The molecule has 0 spiro atoms. The molecule has 170 valence electrons. The molecule has 1 aliphatic rings. The molecule has 0 aromatic heterocycles. The molecule has 0 bridgehead atoms. The topological polar surface area (TPSA) is 18.5 Å². The summed E-state index contributed by atoms with van der Waals surface area (Å²) in [5.41, 5.74) is 0.373. The van der Waals surface area contributed by atoms with Crippen LogP contribution in [0.2, 0.25) is 0 Å². The molecule has 1 fully saturated rings. The molecule has 2 aromatic rings. The van der Waals surface area contributed by atoms with Crippen LogP contribution < -0.4 is 9.47 Å². The SMILES string of the molecule is CCCCCC1(COc2ccc(-c3ccc(OCC)c(F)c3F)cc2F)CCCCC1. The summed E-state index contributed by atoms with van der Waals surface area (Å²) in [5.74, 6) is -2.66. The minimum Gasteiger partial charge on any atom is -0.491 e. The van der Waals surface area contributed by atoms with Gasteiger partial charge in [-0.15, -0.1) is 0 Å². The van der Waals surface area contributed by atoms with Gasteiger partial charge in [-0.3, -0.25) is 0 Å². The quantitative estimate of drug-likeness (QED) is 0.352. The Morgan fingerprint density at radius 1 is 0.839 bits per heavy atom. The molecule has 0 heterocycles. The number of hydrogen-bond acceptors (Lipinski definition) is 2. The highest BCUT2D eigenvalue weighted by Crippen LogP contribution is 2.41. The Morgan fingerprint density at radius 3 is 2.26 bits per heavy atom. The second kappa shape index (κ2) is 10.9. The van der Waals surface area contributed by atoms with E-state index in [0.717, 1.165) is 19.3 Å². The highest BCUT2D eigenvalue weighted by Gasteiger charge is 2.32. The van der Waals surface area contributed by atoms with Crippen molar-refractivity contribution in [3.05, 3.63) is 47.8 Å². The summed E-state index contributed by atoms with van der Waals surface area (Å²) in [5, 5.41) is 0. The van der Waals surface area contributed by atoms with Gasteiger partial charge in [0.05, 0.1) is 13.2 Å². The van der Waals surface area contributed by atoms with E-state index < -0.39 is 17.5 Å². The molecule has 31 heavy (non-hydrogen) atoms. The molecule has 0 unspecified atom stereocenters. The van der Waals surface area contributed by atoms with Gasteiger partial charge in [-0.05, 0) is 56.0 Å². The van der Waals surface area contributed by atoms with Crippen LogP contribution >= 0.6 is 0 Å². The highest BCUT2D eigenvalue weighted by molar-refractivity contribution is 5.66. The maximum Gasteiger partial charge on any atom is 0.201 e. The van der Waals surface area contributed by atoms with Crippen LogP contribution in [0.25, 0.3) is 11.1 Å². The Labute approximate surface area is 183 Å². The molecule has 0 atom stereocenters. The van der Waals surface area contributed by atoms with Crippen LogP contribution in [-0.2, 0) is 0 Å². The number of benzene rings is 2. The van der Waals surface area contributed by atoms with Crippen LogP contribution in [0.5, 0.6) is 11.5 Å². The highest BCUT2D eigenvalue weighted by atomic mass is 19.2. The lowest BCUT2D eigenvalue weighted by atomic mass is 9.71. The summed E-state index contributed by atoms with van der Waals surface area (Å²) >= 11 is 0. The summed E-state index contributed by atoms with van der Waals surface area (Å²) in [4.78, 5) is 0. The maximum absolute atomic E-state index is 14.8. The van der Waals surface area contributed by atoms with Crippen LogP contribution in [0.4, 0.5) is 13.2 Å². The Morgan fingerprint density at radius 2 is 1.58 bits per heavy atom. The van der Waals surface area contributed by atoms with Crippen molar-refractivity contribution in [2.45, 2.75) is 71.6 Å². The van der Waals surface area contributed by atoms with Crippen molar-refractivity contribution in [2.24, 2.45) is 5.41 Å². The van der Waals surface area contributed by atoms with E-state index in [-0.39, 0.29) is 34.6 Å². The first-order valence-corrected chi connectivity index (χ1v) is 11.5. The molecule has 2 nitrogen and oxygen atoms in total. The summed E-state index contributed by atoms with van der Waals surface area (Å²) in [7, 11) is 0. The fraction of sp³-hybridized carbons (Fsp3) is 0.538. The van der Waals surface area contributed by atoms with E-state index in [1.165, 1.54) is 62.8 Å². The third-order valence-corrected chi connectivity index (χ3v) is 6.35. The zero-order valence-corrected chi connectivity index (χ0v) is 18.6. The molecule has 5 heteroatoms. The molecule has 2 aromatic carbocycles. The first-order chi connectivity index (χ1) is 15.0. The van der Waals surface area contributed by atoms with Gasteiger partial charge in [-0.25, -0.2) is 8.78 Å². The zero-order valence-electron chi connectivity index (χ0n) is 18.6. The van der Waals surface area contributed by atoms with Crippen molar-refractivity contribution in [3.63, 3.8) is 0 Å². The van der Waals surface area contributed by atoms with Crippen LogP contribution in [0.3, 0.4) is 0 Å². The van der Waals surface area contributed by atoms with Crippen molar-refractivity contribution in [1.29, 1.82) is 0 Å². The van der Waals surface area contributed by atoms with E-state index in [9.17, 15) is 13.2 Å². The first-order valence-electron chi connectivity index (χ1n) is 11.5. The zero-order chi connectivity index (χ0) is 22.3. The van der Waals surface area contributed by atoms with Crippen LogP contribution in [0.15, 0.2) is 30.3 Å². The van der Waals surface area contributed by atoms with Gasteiger partial charge in [0.15, 0.2) is 23.1 Å². The average molecular weight is 435 g/mol. The third-order valence-electron chi connectivity index (χ3n) is 6.35. The van der Waals surface area contributed by atoms with Gasteiger partial charge in [0, 0.05) is 11.0 Å². The van der Waals surface area contributed by atoms with Gasteiger partial charge >= 0.3 is 0 Å². The van der Waals surface area contributed by atoms with Gasteiger partial charge < -0.3 is 9.47 Å². The summed E-state index contributed by atoms with van der Waals surface area (Å²) < 4.78 is 54.5. The van der Waals surface area contributed by atoms with Crippen molar-refractivity contribution < 1.29 is 22.6 Å². The Hall–Kier alpha value is -2.17. The molecule has 3 rings (SSSR count). The minimum absolute atomic E-state index is 0.00489. The fourth-order valence-corrected chi connectivity index (χ4v) is 4.56. The van der Waals surface area contributed by atoms with E-state index in [2.05, 4.69) is 6.92 Å². The van der Waals surface area contributed by atoms with Gasteiger partial charge in [-0.2, -0.15) is 4.39 Å². The predicted octanol–water partition coefficient (Wildman–Crippen LogP) is 8.08. The van der Waals surface area contributed by atoms with Crippen LogP contribution in [0, 0.1) is 22.9 Å².